The molecular weight excluding hydrogens is 221 g/mol. The van der Waals surface area contributed by atoms with Gasteiger partial charge in [-0.05, 0) is 12.1 Å². The molecule has 0 amide bonds. The number of benzene rings is 1. The van der Waals surface area contributed by atoms with Crippen LogP contribution in [0.3, 0.4) is 0 Å². The Morgan fingerprint density at radius 1 is 1.19 bits per heavy atom. The predicted octanol–water partition coefficient (Wildman–Crippen LogP) is 3.24. The lowest BCUT2D eigenvalue weighted by atomic mass is 10.2. The zero-order valence-electron chi connectivity index (χ0n) is 8.84. The highest BCUT2D eigenvalue weighted by Gasteiger charge is 2.35. The van der Waals surface area contributed by atoms with Gasteiger partial charge in [-0.1, -0.05) is 18.2 Å². The second kappa shape index (κ2) is 4.92. The lowest BCUT2D eigenvalue weighted by Crippen LogP contribution is -2.13. The summed E-state index contributed by atoms with van der Waals surface area (Å²) in [4.78, 5) is 0. The average molecular weight is 232 g/mol. The molecule has 0 aromatic heterocycles. The summed E-state index contributed by atoms with van der Waals surface area (Å²) in [6.07, 6.45) is -3.60. The Hall–Kier alpha value is -1.65. The monoisotopic (exact) mass is 232 g/mol. The van der Waals surface area contributed by atoms with Gasteiger partial charge in [0.05, 0.1) is 14.2 Å². The molecule has 0 N–H and O–H groups in total. The van der Waals surface area contributed by atoms with Gasteiger partial charge in [0.1, 0.15) is 5.75 Å². The molecule has 1 aromatic carbocycles. The summed E-state index contributed by atoms with van der Waals surface area (Å²) in [6.45, 7) is 0. The molecule has 0 aliphatic heterocycles. The first-order valence-corrected chi connectivity index (χ1v) is 4.45. The number of rotatable bonds is 3. The van der Waals surface area contributed by atoms with E-state index in [0.29, 0.717) is 11.3 Å². The van der Waals surface area contributed by atoms with E-state index in [9.17, 15) is 13.2 Å². The molecule has 0 saturated carbocycles. The second-order valence-corrected chi connectivity index (χ2v) is 2.95. The van der Waals surface area contributed by atoms with Crippen molar-refractivity contribution in [3.05, 3.63) is 35.6 Å². The third-order valence-electron chi connectivity index (χ3n) is 1.92. The topological polar surface area (TPSA) is 18.5 Å². The SMILES string of the molecule is CO/C(=C/c1ccccc1OC)C(F)(F)F. The Morgan fingerprint density at radius 3 is 2.31 bits per heavy atom. The van der Waals surface area contributed by atoms with E-state index in [1.807, 2.05) is 0 Å². The molecule has 16 heavy (non-hydrogen) atoms. The molecule has 0 saturated heterocycles. The van der Waals surface area contributed by atoms with Crippen LogP contribution in [-0.4, -0.2) is 20.4 Å². The average Bonchev–Trinajstić information content (AvgIpc) is 2.24. The van der Waals surface area contributed by atoms with E-state index >= 15 is 0 Å². The third-order valence-corrected chi connectivity index (χ3v) is 1.92. The van der Waals surface area contributed by atoms with Gasteiger partial charge in [0.25, 0.3) is 0 Å². The normalized spacial score (nSPS) is 12.4. The summed E-state index contributed by atoms with van der Waals surface area (Å²) in [7, 11) is 2.38. The van der Waals surface area contributed by atoms with Crippen LogP contribution in [0.15, 0.2) is 30.0 Å². The maximum absolute atomic E-state index is 12.4. The fourth-order valence-electron chi connectivity index (χ4n) is 1.18. The van der Waals surface area contributed by atoms with Crippen LogP contribution >= 0.6 is 0 Å². The van der Waals surface area contributed by atoms with Crippen LogP contribution in [0.1, 0.15) is 5.56 Å². The summed E-state index contributed by atoms with van der Waals surface area (Å²) >= 11 is 0. The van der Waals surface area contributed by atoms with Crippen molar-refractivity contribution in [1.29, 1.82) is 0 Å². The molecule has 88 valence electrons. The van der Waals surface area contributed by atoms with Gasteiger partial charge in [-0.15, -0.1) is 0 Å². The molecule has 2 nitrogen and oxygen atoms in total. The molecule has 1 rings (SSSR count). The van der Waals surface area contributed by atoms with Crippen molar-refractivity contribution in [2.24, 2.45) is 0 Å². The van der Waals surface area contributed by atoms with E-state index in [2.05, 4.69) is 4.74 Å². The molecule has 5 heteroatoms. The maximum Gasteiger partial charge on any atom is 0.448 e. The number of ether oxygens (including phenoxy) is 2. The molecule has 0 unspecified atom stereocenters. The molecule has 0 aliphatic rings. The van der Waals surface area contributed by atoms with Gasteiger partial charge in [-0.25, -0.2) is 0 Å². The van der Waals surface area contributed by atoms with Crippen molar-refractivity contribution in [2.75, 3.05) is 14.2 Å². The van der Waals surface area contributed by atoms with Gasteiger partial charge < -0.3 is 9.47 Å². The quantitative estimate of drug-likeness (QED) is 0.745. The van der Waals surface area contributed by atoms with Crippen molar-refractivity contribution in [1.82, 2.24) is 0 Å². The molecule has 0 radical (unpaired) electrons. The van der Waals surface area contributed by atoms with Crippen LogP contribution in [0.5, 0.6) is 5.75 Å². The summed E-state index contributed by atoms with van der Waals surface area (Å²) in [6, 6.07) is 6.40. The first-order valence-electron chi connectivity index (χ1n) is 4.45. The largest absolute Gasteiger partial charge is 0.496 e. The number of hydrogen-bond acceptors (Lipinski definition) is 2. The van der Waals surface area contributed by atoms with E-state index in [-0.39, 0.29) is 0 Å². The minimum absolute atomic E-state index is 0.319. The minimum atomic E-state index is -4.50. The standard InChI is InChI=1S/C11H11F3O2/c1-15-9-6-4-3-5-8(9)7-10(16-2)11(12,13)14/h3-7H,1-2H3/b10-7+. The van der Waals surface area contributed by atoms with Crippen LogP contribution in [0.25, 0.3) is 6.08 Å². The Bertz CT molecular complexity index is 383. The van der Waals surface area contributed by atoms with Crippen molar-refractivity contribution < 1.29 is 22.6 Å². The smallest absolute Gasteiger partial charge is 0.448 e. The highest BCUT2D eigenvalue weighted by Crippen LogP contribution is 2.30. The Kier molecular flexibility index (Phi) is 3.82. The van der Waals surface area contributed by atoms with Crippen LogP contribution in [0, 0.1) is 0 Å². The number of para-hydroxylation sites is 1. The Labute approximate surface area is 91.3 Å². The molecule has 0 aliphatic carbocycles. The first-order chi connectivity index (χ1) is 7.49. The first kappa shape index (κ1) is 12.4. The van der Waals surface area contributed by atoms with Crippen molar-refractivity contribution >= 4 is 6.08 Å². The van der Waals surface area contributed by atoms with Gasteiger partial charge in [0, 0.05) is 5.56 Å². The number of hydrogen-bond donors (Lipinski definition) is 0. The van der Waals surface area contributed by atoms with Crippen LogP contribution in [0.4, 0.5) is 13.2 Å². The number of alkyl halides is 3. The minimum Gasteiger partial charge on any atom is -0.496 e. The van der Waals surface area contributed by atoms with Crippen LogP contribution in [-0.2, 0) is 4.74 Å². The zero-order chi connectivity index (χ0) is 12.2. The molecule has 0 heterocycles. The van der Waals surface area contributed by atoms with Gasteiger partial charge in [-0.3, -0.25) is 0 Å². The van der Waals surface area contributed by atoms with E-state index in [1.165, 1.54) is 13.2 Å². The van der Waals surface area contributed by atoms with Crippen molar-refractivity contribution in [2.45, 2.75) is 6.18 Å². The number of halogens is 3. The summed E-state index contributed by atoms with van der Waals surface area (Å²) in [5, 5.41) is 0. The third kappa shape index (κ3) is 2.92. The van der Waals surface area contributed by atoms with Gasteiger partial charge in [0.2, 0.25) is 5.76 Å². The predicted molar refractivity (Wildman–Crippen MR) is 54.0 cm³/mol. The maximum atomic E-state index is 12.4. The highest BCUT2D eigenvalue weighted by molar-refractivity contribution is 5.59. The summed E-state index contributed by atoms with van der Waals surface area (Å²) in [5.74, 6) is -0.696. The zero-order valence-corrected chi connectivity index (χ0v) is 8.84. The molecule has 0 bridgehead atoms. The Balaban J connectivity index is 3.14. The molecule has 0 spiro atoms. The van der Waals surface area contributed by atoms with Crippen molar-refractivity contribution in [3.63, 3.8) is 0 Å². The molecule has 0 fully saturated rings. The van der Waals surface area contributed by atoms with Crippen molar-refractivity contribution in [3.8, 4) is 5.75 Å². The lowest BCUT2D eigenvalue weighted by Gasteiger charge is -2.11. The highest BCUT2D eigenvalue weighted by atomic mass is 19.4. The molecular formula is C11H11F3O2. The van der Waals surface area contributed by atoms with E-state index < -0.39 is 11.9 Å². The molecule has 1 aromatic rings. The Morgan fingerprint density at radius 2 is 1.81 bits per heavy atom. The lowest BCUT2D eigenvalue weighted by molar-refractivity contribution is -0.124. The van der Waals surface area contributed by atoms with E-state index in [4.69, 9.17) is 4.74 Å². The second-order valence-electron chi connectivity index (χ2n) is 2.95. The fraction of sp³-hybridized carbons (Fsp3) is 0.273. The van der Waals surface area contributed by atoms with Crippen LogP contribution < -0.4 is 4.74 Å². The summed E-state index contributed by atoms with van der Waals surface area (Å²) < 4.78 is 46.5. The summed E-state index contributed by atoms with van der Waals surface area (Å²) in [5.41, 5.74) is 0.319. The van der Waals surface area contributed by atoms with Crippen LogP contribution in [0.2, 0.25) is 0 Å². The van der Waals surface area contributed by atoms with E-state index in [0.717, 1.165) is 13.2 Å². The number of methoxy groups -OCH3 is 2. The van der Waals surface area contributed by atoms with Gasteiger partial charge in [-0.2, -0.15) is 13.2 Å². The molecule has 0 atom stereocenters. The number of allylic oxidation sites excluding steroid dienone is 1. The van der Waals surface area contributed by atoms with Gasteiger partial charge >= 0.3 is 6.18 Å². The van der Waals surface area contributed by atoms with Gasteiger partial charge in [0.15, 0.2) is 0 Å². The fourth-order valence-corrected chi connectivity index (χ4v) is 1.18. The van der Waals surface area contributed by atoms with E-state index in [1.54, 1.807) is 18.2 Å².